The zero-order valence-electron chi connectivity index (χ0n) is 15.4. The van der Waals surface area contributed by atoms with Gasteiger partial charge in [0.25, 0.3) is 0 Å². The average molecular weight is 368 g/mol. The first-order valence-electron chi connectivity index (χ1n) is 9.56. The van der Waals surface area contributed by atoms with Gasteiger partial charge in [0.05, 0.1) is 5.69 Å². The molecule has 0 N–H and O–H groups in total. The summed E-state index contributed by atoms with van der Waals surface area (Å²) in [6, 6.07) is 17.3. The molecule has 2 aromatic carbocycles. The van der Waals surface area contributed by atoms with Crippen LogP contribution in [-0.4, -0.2) is 68.2 Å². The van der Waals surface area contributed by atoms with Crippen molar-refractivity contribution in [1.82, 2.24) is 9.80 Å². The van der Waals surface area contributed by atoms with E-state index in [9.17, 15) is 9.18 Å². The number of hydrogen-bond donors (Lipinski definition) is 0. The van der Waals surface area contributed by atoms with E-state index in [0.29, 0.717) is 31.9 Å². The molecule has 142 valence electrons. The monoisotopic (exact) mass is 368 g/mol. The van der Waals surface area contributed by atoms with E-state index in [1.165, 1.54) is 11.8 Å². The molecule has 0 atom stereocenters. The van der Waals surface area contributed by atoms with Crippen LogP contribution >= 0.6 is 0 Å². The van der Waals surface area contributed by atoms with Crippen LogP contribution in [0.15, 0.2) is 54.6 Å². The number of piperazine rings is 2. The van der Waals surface area contributed by atoms with Gasteiger partial charge in [-0.3, -0.25) is 0 Å². The molecule has 0 aliphatic carbocycles. The minimum Gasteiger partial charge on any atom is -0.368 e. The van der Waals surface area contributed by atoms with Crippen molar-refractivity contribution in [2.24, 2.45) is 0 Å². The molecule has 6 heteroatoms. The number of benzene rings is 2. The highest BCUT2D eigenvalue weighted by atomic mass is 19.1. The van der Waals surface area contributed by atoms with E-state index in [0.717, 1.165) is 26.2 Å². The zero-order valence-corrected chi connectivity index (χ0v) is 15.4. The van der Waals surface area contributed by atoms with Crippen LogP contribution in [0.25, 0.3) is 0 Å². The van der Waals surface area contributed by atoms with Gasteiger partial charge in [-0.25, -0.2) is 9.18 Å². The Labute approximate surface area is 159 Å². The van der Waals surface area contributed by atoms with Crippen molar-refractivity contribution < 1.29 is 9.18 Å². The topological polar surface area (TPSA) is 30.0 Å². The molecular weight excluding hydrogens is 343 g/mol. The van der Waals surface area contributed by atoms with Crippen molar-refractivity contribution in [2.45, 2.75) is 0 Å². The fourth-order valence-corrected chi connectivity index (χ4v) is 3.84. The molecule has 2 fully saturated rings. The summed E-state index contributed by atoms with van der Waals surface area (Å²) >= 11 is 0. The number of nitrogens with zero attached hydrogens (tertiary/aromatic N) is 4. The second-order valence-electron chi connectivity index (χ2n) is 7.02. The van der Waals surface area contributed by atoms with Crippen molar-refractivity contribution >= 4 is 17.4 Å². The van der Waals surface area contributed by atoms with E-state index < -0.39 is 0 Å². The Hall–Kier alpha value is -2.76. The summed E-state index contributed by atoms with van der Waals surface area (Å²) in [4.78, 5) is 21.0. The van der Waals surface area contributed by atoms with Gasteiger partial charge in [-0.15, -0.1) is 0 Å². The summed E-state index contributed by atoms with van der Waals surface area (Å²) in [5, 5.41) is 0. The molecule has 0 unspecified atom stereocenters. The van der Waals surface area contributed by atoms with Crippen molar-refractivity contribution in [3.8, 4) is 0 Å². The highest BCUT2D eigenvalue weighted by Crippen LogP contribution is 2.21. The number of carbonyl (C=O) groups is 1. The van der Waals surface area contributed by atoms with Gasteiger partial charge < -0.3 is 19.6 Å². The second-order valence-corrected chi connectivity index (χ2v) is 7.02. The van der Waals surface area contributed by atoms with Crippen LogP contribution in [0.2, 0.25) is 0 Å². The molecule has 0 spiro atoms. The van der Waals surface area contributed by atoms with Crippen molar-refractivity contribution in [3.05, 3.63) is 60.4 Å². The molecule has 27 heavy (non-hydrogen) atoms. The number of para-hydroxylation sites is 2. The number of anilines is 2. The molecule has 2 amide bonds. The number of amides is 2. The van der Waals surface area contributed by atoms with Gasteiger partial charge in [-0.05, 0) is 24.3 Å². The lowest BCUT2D eigenvalue weighted by atomic mass is 10.2. The first-order chi connectivity index (χ1) is 13.2. The molecule has 0 bridgehead atoms. The van der Waals surface area contributed by atoms with Gasteiger partial charge in [0, 0.05) is 58.0 Å². The number of halogens is 1. The lowest BCUT2D eigenvalue weighted by Crippen LogP contribution is -2.57. The van der Waals surface area contributed by atoms with Crippen LogP contribution in [0.3, 0.4) is 0 Å². The Morgan fingerprint density at radius 1 is 0.667 bits per heavy atom. The fraction of sp³-hybridized carbons (Fsp3) is 0.381. The zero-order chi connectivity index (χ0) is 18.6. The Kier molecular flexibility index (Phi) is 5.14. The van der Waals surface area contributed by atoms with Gasteiger partial charge in [-0.1, -0.05) is 30.3 Å². The number of rotatable bonds is 2. The summed E-state index contributed by atoms with van der Waals surface area (Å²) in [6.07, 6.45) is 0. The van der Waals surface area contributed by atoms with Gasteiger partial charge in [0.2, 0.25) is 0 Å². The summed E-state index contributed by atoms with van der Waals surface area (Å²) in [6.45, 7) is 5.77. The van der Waals surface area contributed by atoms with Crippen LogP contribution in [0, 0.1) is 5.82 Å². The first-order valence-corrected chi connectivity index (χ1v) is 9.56. The van der Waals surface area contributed by atoms with E-state index in [1.807, 2.05) is 39.0 Å². The van der Waals surface area contributed by atoms with Crippen LogP contribution in [-0.2, 0) is 0 Å². The number of hydrogen-bond acceptors (Lipinski definition) is 3. The highest BCUT2D eigenvalue weighted by molar-refractivity contribution is 5.75. The summed E-state index contributed by atoms with van der Waals surface area (Å²) in [5.41, 5.74) is 1.84. The van der Waals surface area contributed by atoms with E-state index in [2.05, 4.69) is 17.0 Å². The molecule has 2 aromatic rings. The smallest absolute Gasteiger partial charge is 0.320 e. The van der Waals surface area contributed by atoms with Crippen molar-refractivity contribution in [3.63, 3.8) is 0 Å². The Morgan fingerprint density at radius 3 is 1.78 bits per heavy atom. The summed E-state index contributed by atoms with van der Waals surface area (Å²) < 4.78 is 14.0. The van der Waals surface area contributed by atoms with Gasteiger partial charge >= 0.3 is 6.03 Å². The van der Waals surface area contributed by atoms with Crippen LogP contribution < -0.4 is 9.80 Å². The van der Waals surface area contributed by atoms with E-state index in [-0.39, 0.29) is 11.8 Å². The predicted molar refractivity (Wildman–Crippen MR) is 106 cm³/mol. The lowest BCUT2D eigenvalue weighted by Gasteiger charge is -2.41. The SMILES string of the molecule is O=C(N1CCN(c2ccccc2)CC1)N1CCN(c2ccccc2F)CC1. The van der Waals surface area contributed by atoms with Gasteiger partial charge in [0.15, 0.2) is 0 Å². The average Bonchev–Trinajstić information content (AvgIpc) is 2.74. The lowest BCUT2D eigenvalue weighted by molar-refractivity contribution is 0.147. The summed E-state index contributed by atoms with van der Waals surface area (Å²) in [5.74, 6) is -0.200. The standard InChI is InChI=1S/C21H25FN4O/c22-19-8-4-5-9-20(19)24-12-16-26(17-13-24)21(27)25-14-10-23(11-15-25)18-6-2-1-3-7-18/h1-9H,10-17H2. The molecule has 2 saturated heterocycles. The second kappa shape index (κ2) is 7.86. The molecule has 5 nitrogen and oxygen atoms in total. The molecule has 2 aliphatic heterocycles. The van der Waals surface area contributed by atoms with E-state index in [1.54, 1.807) is 12.1 Å². The largest absolute Gasteiger partial charge is 0.368 e. The van der Waals surface area contributed by atoms with Crippen LogP contribution in [0.5, 0.6) is 0 Å². The van der Waals surface area contributed by atoms with Crippen LogP contribution in [0.1, 0.15) is 0 Å². The fourth-order valence-electron chi connectivity index (χ4n) is 3.84. The van der Waals surface area contributed by atoms with Gasteiger partial charge in [-0.2, -0.15) is 0 Å². The quantitative estimate of drug-likeness (QED) is 0.817. The predicted octanol–water partition coefficient (Wildman–Crippen LogP) is 2.89. The van der Waals surface area contributed by atoms with Crippen molar-refractivity contribution in [1.29, 1.82) is 0 Å². The summed E-state index contributed by atoms with van der Waals surface area (Å²) in [7, 11) is 0. The molecule has 2 heterocycles. The number of urea groups is 1. The Morgan fingerprint density at radius 2 is 1.19 bits per heavy atom. The Balaban J connectivity index is 1.29. The molecule has 2 aliphatic rings. The normalized spacial score (nSPS) is 18.0. The number of carbonyl (C=O) groups excluding carboxylic acids is 1. The molecule has 0 radical (unpaired) electrons. The minimum atomic E-state index is -0.200. The third kappa shape index (κ3) is 3.84. The maximum absolute atomic E-state index is 14.0. The first kappa shape index (κ1) is 17.6. The third-order valence-corrected chi connectivity index (χ3v) is 5.41. The molecule has 4 rings (SSSR count). The third-order valence-electron chi connectivity index (χ3n) is 5.41. The van der Waals surface area contributed by atoms with Crippen LogP contribution in [0.4, 0.5) is 20.6 Å². The maximum Gasteiger partial charge on any atom is 0.320 e. The highest BCUT2D eigenvalue weighted by Gasteiger charge is 2.28. The maximum atomic E-state index is 14.0. The molecular formula is C21H25FN4O. The van der Waals surface area contributed by atoms with E-state index in [4.69, 9.17) is 0 Å². The van der Waals surface area contributed by atoms with Crippen molar-refractivity contribution in [2.75, 3.05) is 62.2 Å². The molecule has 0 saturated carbocycles. The molecule has 0 aromatic heterocycles. The van der Waals surface area contributed by atoms with Gasteiger partial charge in [0.1, 0.15) is 5.82 Å². The minimum absolute atomic E-state index is 0.107. The Bertz CT molecular complexity index is 769. The van der Waals surface area contributed by atoms with E-state index >= 15 is 0 Å².